The number of carbonyl (C=O) groups excluding carboxylic acids is 2. The third-order valence-corrected chi connectivity index (χ3v) is 6.10. The van der Waals surface area contributed by atoms with Crippen molar-refractivity contribution in [3.63, 3.8) is 0 Å². The average Bonchev–Trinajstić information content (AvgIpc) is 3.31. The van der Waals surface area contributed by atoms with Crippen LogP contribution in [0.25, 0.3) is 10.2 Å². The van der Waals surface area contributed by atoms with Gasteiger partial charge in [-0.1, -0.05) is 0 Å². The molecule has 0 spiro atoms. The van der Waals surface area contributed by atoms with E-state index in [2.05, 4.69) is 10.3 Å². The summed E-state index contributed by atoms with van der Waals surface area (Å²) in [6, 6.07) is 0. The molecule has 0 unspecified atom stereocenters. The molecule has 1 fully saturated rings. The number of rotatable bonds is 4. The molecule has 2 aromatic heterocycles. The van der Waals surface area contributed by atoms with Crippen LogP contribution in [0.15, 0.2) is 11.1 Å². The van der Waals surface area contributed by atoms with Crippen LogP contribution in [0.3, 0.4) is 0 Å². The zero-order valence-corrected chi connectivity index (χ0v) is 14.7. The highest BCUT2D eigenvalue weighted by Crippen LogP contribution is 2.34. The lowest BCUT2D eigenvalue weighted by molar-refractivity contribution is -0.132. The van der Waals surface area contributed by atoms with Crippen molar-refractivity contribution in [1.82, 2.24) is 19.8 Å². The highest BCUT2D eigenvalue weighted by atomic mass is 32.1. The van der Waals surface area contributed by atoms with E-state index in [1.807, 2.05) is 0 Å². The van der Waals surface area contributed by atoms with Gasteiger partial charge in [-0.15, -0.1) is 11.3 Å². The first-order chi connectivity index (χ1) is 12.1. The maximum atomic E-state index is 12.7. The summed E-state index contributed by atoms with van der Waals surface area (Å²) < 4.78 is 1.34. The molecule has 1 aliphatic carbocycles. The summed E-state index contributed by atoms with van der Waals surface area (Å²) in [7, 11) is 0. The van der Waals surface area contributed by atoms with Crippen LogP contribution in [-0.4, -0.2) is 45.9 Å². The number of aryl methyl sites for hydroxylation is 2. The number of nitrogens with one attached hydrogen (secondary N) is 1. The van der Waals surface area contributed by atoms with Gasteiger partial charge in [0.2, 0.25) is 11.8 Å². The minimum absolute atomic E-state index is 0.0168. The SMILES string of the molecule is O=C(Cn1cnc2sc3c(c2c1=O)CCC3)NCC(=O)N1CCCC1. The van der Waals surface area contributed by atoms with E-state index in [4.69, 9.17) is 0 Å². The molecule has 0 bridgehead atoms. The van der Waals surface area contributed by atoms with Crippen LogP contribution < -0.4 is 10.9 Å². The molecule has 0 saturated carbocycles. The van der Waals surface area contributed by atoms with Crippen molar-refractivity contribution in [1.29, 1.82) is 0 Å². The van der Waals surface area contributed by atoms with E-state index in [0.717, 1.165) is 55.6 Å². The second-order valence-electron chi connectivity index (χ2n) is 6.58. The number of aromatic nitrogens is 2. The van der Waals surface area contributed by atoms with Gasteiger partial charge in [-0.05, 0) is 37.7 Å². The van der Waals surface area contributed by atoms with Gasteiger partial charge in [-0.3, -0.25) is 19.0 Å². The highest BCUT2D eigenvalue weighted by molar-refractivity contribution is 7.18. The van der Waals surface area contributed by atoms with Gasteiger partial charge in [0.25, 0.3) is 5.56 Å². The Labute approximate surface area is 148 Å². The van der Waals surface area contributed by atoms with Crippen LogP contribution in [-0.2, 0) is 29.0 Å². The summed E-state index contributed by atoms with van der Waals surface area (Å²) in [6.45, 7) is 1.40. The van der Waals surface area contributed by atoms with Crippen LogP contribution in [0.1, 0.15) is 29.7 Å². The average molecular weight is 360 g/mol. The van der Waals surface area contributed by atoms with Crippen LogP contribution >= 0.6 is 11.3 Å². The first kappa shape index (κ1) is 16.3. The smallest absolute Gasteiger partial charge is 0.262 e. The zero-order chi connectivity index (χ0) is 17.4. The van der Waals surface area contributed by atoms with E-state index in [1.165, 1.54) is 15.8 Å². The minimum atomic E-state index is -0.345. The van der Waals surface area contributed by atoms with E-state index in [1.54, 1.807) is 16.2 Å². The molecule has 8 heteroatoms. The van der Waals surface area contributed by atoms with Gasteiger partial charge < -0.3 is 10.2 Å². The molecular weight excluding hydrogens is 340 g/mol. The Bertz CT molecular complexity index is 895. The van der Waals surface area contributed by atoms with Crippen molar-refractivity contribution in [3.05, 3.63) is 27.1 Å². The fraction of sp³-hybridized carbons (Fsp3) is 0.529. The molecule has 2 amide bonds. The van der Waals surface area contributed by atoms with E-state index in [-0.39, 0.29) is 30.5 Å². The van der Waals surface area contributed by atoms with Gasteiger partial charge in [0.15, 0.2) is 0 Å². The summed E-state index contributed by atoms with van der Waals surface area (Å²) in [5.74, 6) is -0.412. The molecule has 1 saturated heterocycles. The Balaban J connectivity index is 1.45. The largest absolute Gasteiger partial charge is 0.345 e. The summed E-state index contributed by atoms with van der Waals surface area (Å²) in [5.41, 5.74) is 0.946. The van der Waals surface area contributed by atoms with Crippen molar-refractivity contribution < 1.29 is 9.59 Å². The standard InChI is InChI=1S/C17H20N4O3S/c22-13(18-8-14(23)20-6-1-2-7-20)9-21-10-19-16-15(17(21)24)11-4-3-5-12(11)25-16/h10H,1-9H2,(H,18,22). The van der Waals surface area contributed by atoms with E-state index in [9.17, 15) is 14.4 Å². The Morgan fingerprint density at radius 3 is 2.80 bits per heavy atom. The highest BCUT2D eigenvalue weighted by Gasteiger charge is 2.22. The number of thiophene rings is 1. The molecule has 0 radical (unpaired) electrons. The monoisotopic (exact) mass is 360 g/mol. The molecule has 1 aliphatic heterocycles. The van der Waals surface area contributed by atoms with Crippen molar-refractivity contribution in [2.45, 2.75) is 38.6 Å². The van der Waals surface area contributed by atoms with Crippen molar-refractivity contribution in [2.75, 3.05) is 19.6 Å². The normalized spacial score (nSPS) is 16.4. The lowest BCUT2D eigenvalue weighted by atomic mass is 10.2. The van der Waals surface area contributed by atoms with Crippen LogP contribution in [0.4, 0.5) is 0 Å². The summed E-state index contributed by atoms with van der Waals surface area (Å²) in [4.78, 5) is 44.9. The van der Waals surface area contributed by atoms with Gasteiger partial charge in [0.05, 0.1) is 18.3 Å². The predicted molar refractivity (Wildman–Crippen MR) is 94.7 cm³/mol. The van der Waals surface area contributed by atoms with E-state index in [0.29, 0.717) is 5.39 Å². The summed E-state index contributed by atoms with van der Waals surface area (Å²) in [5, 5.41) is 3.28. The number of hydrogen-bond donors (Lipinski definition) is 1. The van der Waals surface area contributed by atoms with Gasteiger partial charge in [-0.25, -0.2) is 4.98 Å². The number of hydrogen-bond acceptors (Lipinski definition) is 5. The second kappa shape index (κ2) is 6.59. The molecule has 2 aliphatic rings. The number of amides is 2. The molecule has 3 heterocycles. The Hall–Kier alpha value is -2.22. The van der Waals surface area contributed by atoms with Crippen LogP contribution in [0, 0.1) is 0 Å². The third-order valence-electron chi connectivity index (χ3n) is 4.90. The van der Waals surface area contributed by atoms with Crippen molar-refractivity contribution >= 4 is 33.4 Å². The molecule has 4 rings (SSSR count). The number of carbonyl (C=O) groups is 2. The topological polar surface area (TPSA) is 84.3 Å². The van der Waals surface area contributed by atoms with Crippen LogP contribution in [0.5, 0.6) is 0 Å². The molecule has 2 aromatic rings. The lowest BCUT2D eigenvalue weighted by Crippen LogP contribution is -2.40. The van der Waals surface area contributed by atoms with Gasteiger partial charge in [0.1, 0.15) is 11.4 Å². The molecular formula is C17H20N4O3S. The predicted octanol–water partition coefficient (Wildman–Crippen LogP) is 0.685. The molecule has 1 N–H and O–H groups in total. The lowest BCUT2D eigenvalue weighted by Gasteiger charge is -2.15. The van der Waals surface area contributed by atoms with E-state index < -0.39 is 0 Å². The molecule has 0 atom stereocenters. The summed E-state index contributed by atoms with van der Waals surface area (Å²) in [6.07, 6.45) is 6.46. The Kier molecular flexibility index (Phi) is 4.29. The maximum Gasteiger partial charge on any atom is 0.262 e. The third kappa shape index (κ3) is 3.06. The fourth-order valence-corrected chi connectivity index (χ4v) is 4.81. The summed E-state index contributed by atoms with van der Waals surface area (Å²) >= 11 is 1.58. The zero-order valence-electron chi connectivity index (χ0n) is 13.9. The van der Waals surface area contributed by atoms with Crippen LogP contribution in [0.2, 0.25) is 0 Å². The van der Waals surface area contributed by atoms with Gasteiger partial charge >= 0.3 is 0 Å². The van der Waals surface area contributed by atoms with Gasteiger partial charge in [-0.2, -0.15) is 0 Å². The first-order valence-corrected chi connectivity index (χ1v) is 9.49. The van der Waals surface area contributed by atoms with Crippen molar-refractivity contribution in [2.24, 2.45) is 0 Å². The quantitative estimate of drug-likeness (QED) is 0.869. The number of likely N-dealkylation sites (tertiary alicyclic amines) is 1. The Morgan fingerprint density at radius 1 is 1.20 bits per heavy atom. The van der Waals surface area contributed by atoms with E-state index >= 15 is 0 Å². The molecule has 0 aromatic carbocycles. The number of fused-ring (bicyclic) bond motifs is 3. The Morgan fingerprint density at radius 2 is 2.00 bits per heavy atom. The van der Waals surface area contributed by atoms with Gasteiger partial charge in [0, 0.05) is 18.0 Å². The second-order valence-corrected chi connectivity index (χ2v) is 7.66. The molecule has 25 heavy (non-hydrogen) atoms. The fourth-order valence-electron chi connectivity index (χ4n) is 3.60. The van der Waals surface area contributed by atoms with Crippen molar-refractivity contribution in [3.8, 4) is 0 Å². The molecule has 132 valence electrons. The first-order valence-electron chi connectivity index (χ1n) is 8.67. The number of nitrogens with zero attached hydrogens (tertiary/aromatic N) is 3. The molecule has 7 nitrogen and oxygen atoms in total. The maximum absolute atomic E-state index is 12.7. The minimum Gasteiger partial charge on any atom is -0.345 e.